The predicted molar refractivity (Wildman–Crippen MR) is 77.6 cm³/mol. The van der Waals surface area contributed by atoms with Crippen molar-refractivity contribution in [3.63, 3.8) is 0 Å². The second kappa shape index (κ2) is 5.87. The summed E-state index contributed by atoms with van der Waals surface area (Å²) < 4.78 is 0. The minimum absolute atomic E-state index is 0.580. The number of nitrogens with one attached hydrogen (secondary N) is 1. The average molecular weight is 260 g/mol. The molecular formula is C15H24N4. The molecule has 3 rings (SSSR count). The van der Waals surface area contributed by atoms with Crippen LogP contribution in [0.5, 0.6) is 0 Å². The Morgan fingerprint density at radius 3 is 2.89 bits per heavy atom. The molecule has 1 aromatic heterocycles. The van der Waals surface area contributed by atoms with Gasteiger partial charge in [0.25, 0.3) is 0 Å². The van der Waals surface area contributed by atoms with E-state index >= 15 is 0 Å². The molecule has 19 heavy (non-hydrogen) atoms. The van der Waals surface area contributed by atoms with Crippen LogP contribution in [0.1, 0.15) is 43.4 Å². The molecular weight excluding hydrogens is 236 g/mol. The molecule has 0 saturated carbocycles. The maximum absolute atomic E-state index is 4.60. The van der Waals surface area contributed by atoms with Gasteiger partial charge in [0.15, 0.2) is 0 Å². The number of aryl methyl sites for hydroxylation is 1. The van der Waals surface area contributed by atoms with E-state index in [2.05, 4.69) is 27.2 Å². The fourth-order valence-electron chi connectivity index (χ4n) is 3.32. The Bertz CT molecular complexity index is 426. The molecule has 4 nitrogen and oxygen atoms in total. The van der Waals surface area contributed by atoms with Gasteiger partial charge in [-0.3, -0.25) is 0 Å². The maximum Gasteiger partial charge on any atom is 0.135 e. The number of hydrogen-bond acceptors (Lipinski definition) is 4. The molecule has 4 heteroatoms. The highest BCUT2D eigenvalue weighted by atomic mass is 15.2. The Morgan fingerprint density at radius 1 is 1.16 bits per heavy atom. The van der Waals surface area contributed by atoms with Crippen molar-refractivity contribution in [3.05, 3.63) is 17.6 Å². The highest BCUT2D eigenvalue weighted by Gasteiger charge is 2.23. The van der Waals surface area contributed by atoms with Gasteiger partial charge in [0.2, 0.25) is 0 Å². The molecule has 0 bridgehead atoms. The van der Waals surface area contributed by atoms with E-state index in [0.717, 1.165) is 25.9 Å². The summed E-state index contributed by atoms with van der Waals surface area (Å²) in [7, 11) is 2.20. The van der Waals surface area contributed by atoms with Crippen molar-refractivity contribution in [3.8, 4) is 0 Å². The summed E-state index contributed by atoms with van der Waals surface area (Å²) in [4.78, 5) is 11.5. The van der Waals surface area contributed by atoms with Crippen molar-refractivity contribution in [1.29, 1.82) is 0 Å². The summed E-state index contributed by atoms with van der Waals surface area (Å²) in [6, 6.07) is 0.580. The number of aromatic nitrogens is 2. The van der Waals surface area contributed by atoms with E-state index < -0.39 is 0 Å². The number of rotatable bonds is 2. The van der Waals surface area contributed by atoms with Crippen molar-refractivity contribution in [1.82, 2.24) is 15.3 Å². The fourth-order valence-corrected chi connectivity index (χ4v) is 3.32. The second-order valence-electron chi connectivity index (χ2n) is 5.79. The lowest BCUT2D eigenvalue weighted by molar-refractivity contribution is 0.442. The fraction of sp³-hybridized carbons (Fsp3) is 0.733. The van der Waals surface area contributed by atoms with E-state index in [1.807, 2.05) is 0 Å². The van der Waals surface area contributed by atoms with Crippen LogP contribution in [0.25, 0.3) is 0 Å². The molecule has 1 aromatic rings. The summed E-state index contributed by atoms with van der Waals surface area (Å²) >= 11 is 0. The Labute approximate surface area is 115 Å². The van der Waals surface area contributed by atoms with Gasteiger partial charge in [-0.1, -0.05) is 6.42 Å². The number of likely N-dealkylation sites (N-methyl/N-ethyl adjacent to an activating group) is 1. The summed E-state index contributed by atoms with van der Waals surface area (Å²) in [6.07, 6.45) is 10.4. The molecule has 1 unspecified atom stereocenters. The van der Waals surface area contributed by atoms with E-state index in [9.17, 15) is 0 Å². The van der Waals surface area contributed by atoms with E-state index in [0.29, 0.717) is 6.04 Å². The first-order chi connectivity index (χ1) is 9.36. The molecule has 0 amide bonds. The summed E-state index contributed by atoms with van der Waals surface area (Å²) in [5.74, 6) is 1.18. The molecule has 1 aliphatic carbocycles. The van der Waals surface area contributed by atoms with Gasteiger partial charge >= 0.3 is 0 Å². The van der Waals surface area contributed by atoms with Gasteiger partial charge < -0.3 is 10.2 Å². The molecule has 0 spiro atoms. The van der Waals surface area contributed by atoms with Crippen LogP contribution in [0.15, 0.2) is 6.33 Å². The highest BCUT2D eigenvalue weighted by Crippen LogP contribution is 2.27. The normalized spacial score (nSPS) is 23.5. The SMILES string of the molecule is CN(c1ncnc2c1CCCCC2)C1CCCNC1. The molecule has 1 fully saturated rings. The largest absolute Gasteiger partial charge is 0.355 e. The predicted octanol–water partition coefficient (Wildman–Crippen LogP) is 1.93. The number of nitrogens with zero attached hydrogens (tertiary/aromatic N) is 3. The van der Waals surface area contributed by atoms with Crippen LogP contribution in [0.2, 0.25) is 0 Å². The first-order valence-corrected chi connectivity index (χ1v) is 7.62. The molecule has 2 heterocycles. The van der Waals surface area contributed by atoms with E-state index in [1.54, 1.807) is 6.33 Å². The van der Waals surface area contributed by atoms with E-state index in [4.69, 9.17) is 0 Å². The Hall–Kier alpha value is -1.16. The zero-order valence-corrected chi connectivity index (χ0v) is 11.9. The van der Waals surface area contributed by atoms with Gasteiger partial charge in [-0.15, -0.1) is 0 Å². The van der Waals surface area contributed by atoms with Gasteiger partial charge in [0.1, 0.15) is 12.1 Å². The van der Waals surface area contributed by atoms with Crippen LogP contribution >= 0.6 is 0 Å². The topological polar surface area (TPSA) is 41.1 Å². The van der Waals surface area contributed by atoms with Crippen LogP contribution in [0, 0.1) is 0 Å². The Balaban J connectivity index is 1.86. The first kappa shape index (κ1) is 12.9. The van der Waals surface area contributed by atoms with Gasteiger partial charge in [-0.25, -0.2) is 9.97 Å². The van der Waals surface area contributed by atoms with Gasteiger partial charge in [-0.05, 0) is 45.1 Å². The Kier molecular flexibility index (Phi) is 3.97. The van der Waals surface area contributed by atoms with Gasteiger partial charge in [0.05, 0.1) is 0 Å². The molecule has 1 aliphatic heterocycles. The monoisotopic (exact) mass is 260 g/mol. The van der Waals surface area contributed by atoms with E-state index in [-0.39, 0.29) is 0 Å². The van der Waals surface area contributed by atoms with Crippen LogP contribution < -0.4 is 10.2 Å². The average Bonchev–Trinajstić information content (AvgIpc) is 2.72. The number of fused-ring (bicyclic) bond motifs is 1. The first-order valence-electron chi connectivity index (χ1n) is 7.62. The zero-order valence-electron chi connectivity index (χ0n) is 11.9. The smallest absolute Gasteiger partial charge is 0.135 e. The van der Waals surface area contributed by atoms with Gasteiger partial charge in [0, 0.05) is 30.9 Å². The third-order valence-corrected chi connectivity index (χ3v) is 4.50. The second-order valence-corrected chi connectivity index (χ2v) is 5.79. The lowest BCUT2D eigenvalue weighted by Gasteiger charge is -2.33. The van der Waals surface area contributed by atoms with Gasteiger partial charge in [-0.2, -0.15) is 0 Å². The number of hydrogen-bond donors (Lipinski definition) is 1. The minimum Gasteiger partial charge on any atom is -0.355 e. The molecule has 1 atom stereocenters. The Morgan fingerprint density at radius 2 is 2.05 bits per heavy atom. The van der Waals surface area contributed by atoms with E-state index in [1.165, 1.54) is 49.2 Å². The molecule has 1 saturated heterocycles. The van der Waals surface area contributed by atoms with Crippen molar-refractivity contribution >= 4 is 5.82 Å². The third kappa shape index (κ3) is 2.73. The van der Waals surface area contributed by atoms with Crippen molar-refractivity contribution in [2.75, 3.05) is 25.0 Å². The lowest BCUT2D eigenvalue weighted by atomic mass is 10.0. The van der Waals surface area contributed by atoms with Crippen molar-refractivity contribution in [2.24, 2.45) is 0 Å². The number of anilines is 1. The van der Waals surface area contributed by atoms with Crippen LogP contribution in [-0.2, 0) is 12.8 Å². The van der Waals surface area contributed by atoms with Crippen molar-refractivity contribution < 1.29 is 0 Å². The summed E-state index contributed by atoms with van der Waals surface area (Å²) in [5.41, 5.74) is 2.70. The molecule has 1 N–H and O–H groups in total. The summed E-state index contributed by atoms with van der Waals surface area (Å²) in [5, 5.41) is 3.49. The quantitative estimate of drug-likeness (QED) is 0.825. The third-order valence-electron chi connectivity index (χ3n) is 4.50. The molecule has 104 valence electrons. The minimum atomic E-state index is 0.580. The number of piperidine rings is 1. The summed E-state index contributed by atoms with van der Waals surface area (Å²) in [6.45, 7) is 2.24. The lowest BCUT2D eigenvalue weighted by Crippen LogP contribution is -2.45. The van der Waals surface area contributed by atoms with Crippen LogP contribution in [0.3, 0.4) is 0 Å². The van der Waals surface area contributed by atoms with Crippen molar-refractivity contribution in [2.45, 2.75) is 51.0 Å². The van der Waals surface area contributed by atoms with Crippen LogP contribution in [0.4, 0.5) is 5.82 Å². The standard InChI is InChI=1S/C15H24N4/c1-19(12-6-5-9-16-10-12)15-13-7-3-2-4-8-14(13)17-11-18-15/h11-12,16H,2-10H2,1H3. The molecule has 0 radical (unpaired) electrons. The maximum atomic E-state index is 4.60. The zero-order chi connectivity index (χ0) is 13.1. The highest BCUT2D eigenvalue weighted by molar-refractivity contribution is 5.49. The molecule has 2 aliphatic rings. The van der Waals surface area contributed by atoms with Crippen LogP contribution in [-0.4, -0.2) is 36.1 Å². The molecule has 0 aromatic carbocycles.